The first kappa shape index (κ1) is 13.1. The molecule has 18 heavy (non-hydrogen) atoms. The zero-order valence-corrected chi connectivity index (χ0v) is 10.7. The molecule has 0 bridgehead atoms. The molecule has 1 aliphatic rings. The number of nitrogens with zero attached hydrogens (tertiary/aromatic N) is 1. The van der Waals surface area contributed by atoms with Gasteiger partial charge in [0.25, 0.3) is 5.91 Å². The van der Waals surface area contributed by atoms with Crippen molar-refractivity contribution in [1.82, 2.24) is 4.90 Å². The highest BCUT2D eigenvalue weighted by atomic mass is 16.5. The summed E-state index contributed by atoms with van der Waals surface area (Å²) in [7, 11) is 0. The van der Waals surface area contributed by atoms with E-state index in [0.29, 0.717) is 13.2 Å². The molecule has 0 aromatic heterocycles. The average molecular weight is 248 g/mol. The van der Waals surface area contributed by atoms with E-state index in [9.17, 15) is 4.79 Å². The molecular formula is C14H20N2O2. The number of ether oxygens (including phenoxy) is 1. The van der Waals surface area contributed by atoms with Crippen LogP contribution >= 0.6 is 0 Å². The molecule has 1 fully saturated rings. The van der Waals surface area contributed by atoms with Crippen molar-refractivity contribution in [3.05, 3.63) is 35.9 Å². The summed E-state index contributed by atoms with van der Waals surface area (Å²) in [6.45, 7) is 3.79. The molecule has 2 atom stereocenters. The van der Waals surface area contributed by atoms with Crippen molar-refractivity contribution in [3.8, 4) is 0 Å². The topological polar surface area (TPSA) is 55.6 Å². The molecule has 0 spiro atoms. The Hall–Kier alpha value is -1.39. The third kappa shape index (κ3) is 2.89. The fraction of sp³-hybridized carbons (Fsp3) is 0.500. The summed E-state index contributed by atoms with van der Waals surface area (Å²) in [6, 6.07) is 9.73. The monoisotopic (exact) mass is 248 g/mol. The van der Waals surface area contributed by atoms with Crippen LogP contribution < -0.4 is 5.73 Å². The molecule has 1 saturated heterocycles. The maximum absolute atomic E-state index is 12.4. The van der Waals surface area contributed by atoms with E-state index in [1.54, 1.807) is 4.90 Å². The second kappa shape index (κ2) is 5.98. The molecule has 2 N–H and O–H groups in total. The summed E-state index contributed by atoms with van der Waals surface area (Å²) in [5, 5.41) is 0. The van der Waals surface area contributed by atoms with Crippen molar-refractivity contribution in [3.63, 3.8) is 0 Å². The van der Waals surface area contributed by atoms with Gasteiger partial charge in [-0.25, -0.2) is 0 Å². The number of carbonyl (C=O) groups excluding carboxylic acids is 1. The first-order chi connectivity index (χ1) is 8.72. The minimum absolute atomic E-state index is 0.0241. The standard InChI is InChI=1S/C14H20N2O2/c1-2-18-13(11-6-4-3-5-7-11)14(17)16-9-8-12(15)10-16/h3-7,12-13H,2,8-10,15H2,1H3/t12-,13?/m1/s1. The summed E-state index contributed by atoms with van der Waals surface area (Å²) in [5.41, 5.74) is 6.75. The van der Waals surface area contributed by atoms with Crippen LogP contribution in [0.4, 0.5) is 0 Å². The lowest BCUT2D eigenvalue weighted by atomic mass is 10.1. The van der Waals surface area contributed by atoms with Crippen LogP contribution in [0.3, 0.4) is 0 Å². The highest BCUT2D eigenvalue weighted by Gasteiger charge is 2.30. The number of benzene rings is 1. The van der Waals surface area contributed by atoms with Crippen molar-refractivity contribution < 1.29 is 9.53 Å². The summed E-state index contributed by atoms with van der Waals surface area (Å²) in [6.07, 6.45) is 0.376. The molecule has 2 rings (SSSR count). The van der Waals surface area contributed by atoms with Crippen LogP contribution in [0.1, 0.15) is 25.0 Å². The van der Waals surface area contributed by atoms with Gasteiger partial charge in [-0.3, -0.25) is 4.79 Å². The number of amides is 1. The van der Waals surface area contributed by atoms with Crippen LogP contribution in [0.5, 0.6) is 0 Å². The molecule has 0 aliphatic carbocycles. The summed E-state index contributed by atoms with van der Waals surface area (Å²) in [5.74, 6) is 0.0241. The zero-order valence-electron chi connectivity index (χ0n) is 10.7. The van der Waals surface area contributed by atoms with Gasteiger partial charge in [-0.2, -0.15) is 0 Å². The fourth-order valence-electron chi connectivity index (χ4n) is 2.26. The predicted molar refractivity (Wildman–Crippen MR) is 70.0 cm³/mol. The van der Waals surface area contributed by atoms with Crippen LogP contribution in [-0.4, -0.2) is 36.5 Å². The van der Waals surface area contributed by atoms with Gasteiger partial charge in [0.15, 0.2) is 6.10 Å². The van der Waals surface area contributed by atoms with Crippen molar-refractivity contribution in [2.45, 2.75) is 25.5 Å². The van der Waals surface area contributed by atoms with E-state index in [1.165, 1.54) is 0 Å². The molecule has 0 saturated carbocycles. The Morgan fingerprint density at radius 2 is 2.22 bits per heavy atom. The highest BCUT2D eigenvalue weighted by Crippen LogP contribution is 2.22. The van der Waals surface area contributed by atoms with E-state index in [0.717, 1.165) is 18.5 Å². The number of hydrogen-bond donors (Lipinski definition) is 1. The quantitative estimate of drug-likeness (QED) is 0.874. The van der Waals surface area contributed by atoms with Gasteiger partial charge in [-0.15, -0.1) is 0 Å². The second-order valence-corrected chi connectivity index (χ2v) is 4.58. The fourth-order valence-corrected chi connectivity index (χ4v) is 2.26. The number of likely N-dealkylation sites (tertiary alicyclic amines) is 1. The van der Waals surface area contributed by atoms with E-state index < -0.39 is 6.10 Å². The number of rotatable bonds is 4. The van der Waals surface area contributed by atoms with E-state index >= 15 is 0 Å². The average Bonchev–Trinajstić information content (AvgIpc) is 2.83. The Balaban J connectivity index is 2.12. The molecule has 1 heterocycles. The molecule has 0 radical (unpaired) electrons. The molecule has 4 heteroatoms. The summed E-state index contributed by atoms with van der Waals surface area (Å²) < 4.78 is 5.61. The lowest BCUT2D eigenvalue weighted by Crippen LogP contribution is -2.36. The second-order valence-electron chi connectivity index (χ2n) is 4.58. The van der Waals surface area contributed by atoms with Crippen LogP contribution in [-0.2, 0) is 9.53 Å². The van der Waals surface area contributed by atoms with Gasteiger partial charge < -0.3 is 15.4 Å². The lowest BCUT2D eigenvalue weighted by Gasteiger charge is -2.23. The Labute approximate surface area is 108 Å². The van der Waals surface area contributed by atoms with Gasteiger partial charge in [0, 0.05) is 25.7 Å². The van der Waals surface area contributed by atoms with Crippen LogP contribution in [0, 0.1) is 0 Å². The van der Waals surface area contributed by atoms with Crippen molar-refractivity contribution in [2.24, 2.45) is 5.73 Å². The van der Waals surface area contributed by atoms with E-state index in [-0.39, 0.29) is 11.9 Å². The Morgan fingerprint density at radius 3 is 2.78 bits per heavy atom. The third-order valence-electron chi connectivity index (χ3n) is 3.20. The van der Waals surface area contributed by atoms with Gasteiger partial charge in [-0.05, 0) is 18.9 Å². The van der Waals surface area contributed by atoms with Crippen molar-refractivity contribution >= 4 is 5.91 Å². The first-order valence-electron chi connectivity index (χ1n) is 6.43. The van der Waals surface area contributed by atoms with Crippen LogP contribution in [0.25, 0.3) is 0 Å². The van der Waals surface area contributed by atoms with E-state index in [1.807, 2.05) is 37.3 Å². The van der Waals surface area contributed by atoms with Gasteiger partial charge in [0.05, 0.1) is 0 Å². The van der Waals surface area contributed by atoms with Gasteiger partial charge in [-0.1, -0.05) is 30.3 Å². The Morgan fingerprint density at radius 1 is 1.50 bits per heavy atom. The Bertz CT molecular complexity index is 394. The smallest absolute Gasteiger partial charge is 0.256 e. The summed E-state index contributed by atoms with van der Waals surface area (Å²) in [4.78, 5) is 14.2. The normalized spacial score (nSPS) is 21.0. The Kier molecular flexibility index (Phi) is 4.33. The number of hydrogen-bond acceptors (Lipinski definition) is 3. The molecule has 1 amide bonds. The minimum atomic E-state index is -0.499. The molecule has 4 nitrogen and oxygen atoms in total. The number of carbonyl (C=O) groups is 1. The highest BCUT2D eigenvalue weighted by molar-refractivity contribution is 5.82. The molecule has 1 unspecified atom stereocenters. The summed E-state index contributed by atoms with van der Waals surface area (Å²) >= 11 is 0. The molecule has 1 aliphatic heterocycles. The zero-order chi connectivity index (χ0) is 13.0. The van der Waals surface area contributed by atoms with Crippen molar-refractivity contribution in [1.29, 1.82) is 0 Å². The lowest BCUT2D eigenvalue weighted by molar-refractivity contribution is -0.142. The third-order valence-corrected chi connectivity index (χ3v) is 3.20. The van der Waals surface area contributed by atoms with Gasteiger partial charge in [0.2, 0.25) is 0 Å². The number of nitrogens with two attached hydrogens (primary N) is 1. The SMILES string of the molecule is CCOC(C(=O)N1CC[C@@H](N)C1)c1ccccc1. The first-order valence-corrected chi connectivity index (χ1v) is 6.43. The minimum Gasteiger partial charge on any atom is -0.364 e. The van der Waals surface area contributed by atoms with Crippen LogP contribution in [0.2, 0.25) is 0 Å². The van der Waals surface area contributed by atoms with E-state index in [2.05, 4.69) is 0 Å². The van der Waals surface area contributed by atoms with E-state index in [4.69, 9.17) is 10.5 Å². The maximum atomic E-state index is 12.4. The predicted octanol–water partition coefficient (Wildman–Crippen LogP) is 1.32. The van der Waals surface area contributed by atoms with Crippen molar-refractivity contribution in [2.75, 3.05) is 19.7 Å². The largest absolute Gasteiger partial charge is 0.364 e. The molecular weight excluding hydrogens is 228 g/mol. The maximum Gasteiger partial charge on any atom is 0.256 e. The van der Waals surface area contributed by atoms with Gasteiger partial charge in [0.1, 0.15) is 0 Å². The molecule has 1 aromatic carbocycles. The van der Waals surface area contributed by atoms with Crippen LogP contribution in [0.15, 0.2) is 30.3 Å². The molecule has 98 valence electrons. The molecule has 1 aromatic rings. The van der Waals surface area contributed by atoms with Gasteiger partial charge >= 0.3 is 0 Å².